The molecule has 0 bridgehead atoms. The van der Waals surface area contributed by atoms with Crippen LogP contribution < -0.4 is 0 Å². The maximum atomic E-state index is 5.99. The van der Waals surface area contributed by atoms with Gasteiger partial charge in [0.1, 0.15) is 0 Å². The summed E-state index contributed by atoms with van der Waals surface area (Å²) in [4.78, 5) is 5.42. The van der Waals surface area contributed by atoms with Crippen molar-refractivity contribution >= 4 is 22.9 Å². The zero-order valence-electron chi connectivity index (χ0n) is 8.38. The van der Waals surface area contributed by atoms with E-state index >= 15 is 0 Å². The van der Waals surface area contributed by atoms with E-state index in [9.17, 15) is 0 Å². The molecular weight excluding hydrogens is 202 g/mol. The highest BCUT2D eigenvalue weighted by atomic mass is 35.5. The van der Waals surface area contributed by atoms with Crippen LogP contribution in [0.1, 0.15) is 32.1 Å². The van der Waals surface area contributed by atoms with Crippen molar-refractivity contribution in [3.05, 3.63) is 16.6 Å². The fourth-order valence-corrected chi connectivity index (χ4v) is 2.91. The molecule has 13 heavy (non-hydrogen) atoms. The third-order valence-corrected chi connectivity index (χ3v) is 2.90. The Morgan fingerprint density at radius 2 is 2.31 bits per heavy atom. The molecule has 1 aromatic heterocycles. The van der Waals surface area contributed by atoms with E-state index < -0.39 is 0 Å². The van der Waals surface area contributed by atoms with Gasteiger partial charge in [-0.05, 0) is 25.2 Å². The van der Waals surface area contributed by atoms with Crippen LogP contribution in [0.15, 0.2) is 11.7 Å². The molecule has 1 unspecified atom stereocenters. The molecule has 0 fully saturated rings. The van der Waals surface area contributed by atoms with E-state index in [1.807, 2.05) is 11.7 Å². The van der Waals surface area contributed by atoms with Crippen molar-refractivity contribution in [2.45, 2.75) is 39.0 Å². The van der Waals surface area contributed by atoms with Gasteiger partial charge >= 0.3 is 0 Å². The van der Waals surface area contributed by atoms with Crippen molar-refractivity contribution in [1.82, 2.24) is 4.98 Å². The van der Waals surface area contributed by atoms with E-state index in [4.69, 9.17) is 11.6 Å². The minimum atomic E-state index is 0.253. The van der Waals surface area contributed by atoms with Gasteiger partial charge in [0.2, 0.25) is 0 Å². The van der Waals surface area contributed by atoms with Gasteiger partial charge in [0.25, 0.3) is 0 Å². The minimum Gasteiger partial charge on any atom is -0.253 e. The van der Waals surface area contributed by atoms with Crippen LogP contribution in [0.25, 0.3) is 0 Å². The van der Waals surface area contributed by atoms with E-state index in [1.165, 1.54) is 4.88 Å². The molecule has 0 amide bonds. The van der Waals surface area contributed by atoms with Crippen molar-refractivity contribution in [3.8, 4) is 0 Å². The van der Waals surface area contributed by atoms with Gasteiger partial charge in [0.15, 0.2) is 0 Å². The van der Waals surface area contributed by atoms with Crippen LogP contribution in [-0.2, 0) is 6.42 Å². The van der Waals surface area contributed by atoms with Crippen molar-refractivity contribution in [2.24, 2.45) is 5.41 Å². The molecule has 0 aliphatic rings. The fourth-order valence-electron chi connectivity index (χ4n) is 1.63. The molecule has 1 nitrogen and oxygen atoms in total. The second-order valence-corrected chi connectivity index (χ2v) is 6.01. The fraction of sp³-hybridized carbons (Fsp3) is 0.700. The van der Waals surface area contributed by atoms with E-state index in [2.05, 4.69) is 25.8 Å². The summed E-state index contributed by atoms with van der Waals surface area (Å²) in [6, 6.07) is 0. The molecule has 1 atom stereocenters. The smallest absolute Gasteiger partial charge is 0.0794 e. The summed E-state index contributed by atoms with van der Waals surface area (Å²) in [5.41, 5.74) is 2.17. The number of aromatic nitrogens is 1. The topological polar surface area (TPSA) is 12.9 Å². The Kier molecular flexibility index (Phi) is 3.74. The maximum Gasteiger partial charge on any atom is 0.0794 e. The molecule has 1 aromatic rings. The lowest BCUT2D eigenvalue weighted by Crippen LogP contribution is -2.18. The van der Waals surface area contributed by atoms with Crippen LogP contribution in [0.3, 0.4) is 0 Å². The molecule has 0 aliphatic heterocycles. The summed E-state index contributed by atoms with van der Waals surface area (Å²) in [6.45, 7) is 6.56. The van der Waals surface area contributed by atoms with Gasteiger partial charge in [-0.25, -0.2) is 0 Å². The Hall–Kier alpha value is -0.0800. The molecular formula is C10H16ClNS. The highest BCUT2D eigenvalue weighted by molar-refractivity contribution is 7.09. The molecule has 3 heteroatoms. The first kappa shape index (κ1) is 11.0. The maximum absolute atomic E-state index is 5.99. The predicted octanol–water partition coefficient (Wildman–Crippen LogP) is 3.73. The summed E-state index contributed by atoms with van der Waals surface area (Å²) in [7, 11) is 0. The largest absolute Gasteiger partial charge is 0.253 e. The lowest BCUT2D eigenvalue weighted by Gasteiger charge is -2.24. The number of hydrogen-bond donors (Lipinski definition) is 0. The molecule has 0 aliphatic carbocycles. The predicted molar refractivity (Wildman–Crippen MR) is 59.5 cm³/mol. The van der Waals surface area contributed by atoms with E-state index in [-0.39, 0.29) is 10.8 Å². The number of rotatable bonds is 4. The first-order valence-corrected chi connectivity index (χ1v) is 5.83. The minimum absolute atomic E-state index is 0.253. The second-order valence-electron chi connectivity index (χ2n) is 4.29. The van der Waals surface area contributed by atoms with Crippen LogP contribution in [0.5, 0.6) is 0 Å². The first-order valence-electron chi connectivity index (χ1n) is 4.51. The van der Waals surface area contributed by atoms with Crippen molar-refractivity contribution < 1.29 is 0 Å². The van der Waals surface area contributed by atoms with Gasteiger partial charge in [0, 0.05) is 16.5 Å². The van der Waals surface area contributed by atoms with Gasteiger partial charge in [-0.15, -0.1) is 22.9 Å². The molecule has 1 rings (SSSR count). The molecule has 0 saturated heterocycles. The number of hydrogen-bond acceptors (Lipinski definition) is 2. The van der Waals surface area contributed by atoms with Gasteiger partial charge in [0.05, 0.1) is 5.51 Å². The standard InChI is InChI=1S/C10H16ClNS/c1-8(11)4-10(2,3)5-9-6-12-7-13-9/h6-8H,4-5H2,1-3H3. The van der Waals surface area contributed by atoms with Crippen LogP contribution in [0.2, 0.25) is 0 Å². The molecule has 0 aromatic carbocycles. The van der Waals surface area contributed by atoms with Gasteiger partial charge in [-0.3, -0.25) is 4.98 Å². The summed E-state index contributed by atoms with van der Waals surface area (Å²) >= 11 is 7.71. The van der Waals surface area contributed by atoms with Crippen molar-refractivity contribution in [3.63, 3.8) is 0 Å². The van der Waals surface area contributed by atoms with Crippen molar-refractivity contribution in [2.75, 3.05) is 0 Å². The van der Waals surface area contributed by atoms with Crippen LogP contribution in [0, 0.1) is 5.41 Å². The number of nitrogens with zero attached hydrogens (tertiary/aromatic N) is 1. The van der Waals surface area contributed by atoms with Gasteiger partial charge in [-0.1, -0.05) is 13.8 Å². The first-order chi connectivity index (χ1) is 5.99. The third kappa shape index (κ3) is 4.10. The molecule has 0 spiro atoms. The second kappa shape index (κ2) is 4.43. The molecule has 74 valence electrons. The lowest BCUT2D eigenvalue weighted by atomic mass is 9.84. The zero-order chi connectivity index (χ0) is 9.90. The SMILES string of the molecule is CC(Cl)CC(C)(C)Cc1cncs1. The summed E-state index contributed by atoms with van der Waals surface area (Å²) in [6.07, 6.45) is 4.08. The normalized spacial score (nSPS) is 14.5. The number of alkyl halides is 1. The van der Waals surface area contributed by atoms with E-state index in [0.29, 0.717) is 0 Å². The molecule has 0 radical (unpaired) electrons. The van der Waals surface area contributed by atoms with E-state index in [1.54, 1.807) is 11.3 Å². The Bertz CT molecular complexity index is 241. The summed E-state index contributed by atoms with van der Waals surface area (Å²) < 4.78 is 0. The Morgan fingerprint density at radius 1 is 1.62 bits per heavy atom. The quantitative estimate of drug-likeness (QED) is 0.701. The Morgan fingerprint density at radius 3 is 2.77 bits per heavy atom. The molecule has 0 saturated carbocycles. The summed E-state index contributed by atoms with van der Waals surface area (Å²) in [5.74, 6) is 0. The highest BCUT2D eigenvalue weighted by Crippen LogP contribution is 2.30. The van der Waals surface area contributed by atoms with Crippen LogP contribution >= 0.6 is 22.9 Å². The highest BCUT2D eigenvalue weighted by Gasteiger charge is 2.21. The van der Waals surface area contributed by atoms with Gasteiger partial charge < -0.3 is 0 Å². The average Bonchev–Trinajstić information content (AvgIpc) is 2.34. The lowest BCUT2D eigenvalue weighted by molar-refractivity contribution is 0.334. The third-order valence-electron chi connectivity index (χ3n) is 1.97. The van der Waals surface area contributed by atoms with Crippen LogP contribution in [-0.4, -0.2) is 10.4 Å². The molecule has 1 heterocycles. The number of halogens is 1. The Balaban J connectivity index is 2.51. The van der Waals surface area contributed by atoms with E-state index in [0.717, 1.165) is 12.8 Å². The van der Waals surface area contributed by atoms with Gasteiger partial charge in [-0.2, -0.15) is 0 Å². The summed E-state index contributed by atoms with van der Waals surface area (Å²) in [5, 5.41) is 0.253. The monoisotopic (exact) mass is 217 g/mol. The van der Waals surface area contributed by atoms with Crippen molar-refractivity contribution in [1.29, 1.82) is 0 Å². The molecule has 0 N–H and O–H groups in total. The van der Waals surface area contributed by atoms with Crippen LogP contribution in [0.4, 0.5) is 0 Å². The number of thiazole rings is 1. The Labute approximate surface area is 89.1 Å². The average molecular weight is 218 g/mol. The zero-order valence-corrected chi connectivity index (χ0v) is 9.95.